The third kappa shape index (κ3) is 1.75. The molecule has 0 aliphatic rings. The fourth-order valence-electron chi connectivity index (χ4n) is 1.77. The molecule has 0 saturated carbocycles. The van der Waals surface area contributed by atoms with Gasteiger partial charge in [0.1, 0.15) is 5.75 Å². The Morgan fingerprint density at radius 3 is 2.62 bits per heavy atom. The Hall–Kier alpha value is -1.57. The predicted molar refractivity (Wildman–Crippen MR) is 66.7 cm³/mol. The molecule has 0 amide bonds. The lowest BCUT2D eigenvalue weighted by molar-refractivity contribution is 0.419. The van der Waals surface area contributed by atoms with E-state index in [9.17, 15) is 5.11 Å². The Bertz CT molecular complexity index is 517. The summed E-state index contributed by atoms with van der Waals surface area (Å²) in [5.74, 6) is 0.297. The van der Waals surface area contributed by atoms with Crippen molar-refractivity contribution in [3.05, 3.63) is 36.0 Å². The fraction of sp³-hybridized carbons (Fsp3) is 0.357. The van der Waals surface area contributed by atoms with Crippen LogP contribution in [0.4, 0.5) is 0 Å². The van der Waals surface area contributed by atoms with Gasteiger partial charge < -0.3 is 5.11 Å². The molecule has 0 unspecified atom stereocenters. The van der Waals surface area contributed by atoms with Gasteiger partial charge in [0.05, 0.1) is 11.2 Å². The highest BCUT2D eigenvalue weighted by molar-refractivity contribution is 5.80. The van der Waals surface area contributed by atoms with Crippen molar-refractivity contribution in [3.8, 4) is 5.75 Å². The number of hydrogen-bond donors (Lipinski definition) is 1. The Morgan fingerprint density at radius 1 is 1.25 bits per heavy atom. The number of benzene rings is 1. The predicted octanol–water partition coefficient (Wildman–Crippen LogP) is 3.63. The largest absolute Gasteiger partial charge is 0.506 e. The Labute approximate surface area is 96.0 Å². The molecule has 1 aromatic carbocycles. The molecule has 0 aliphatic heterocycles. The molecule has 2 nitrogen and oxygen atoms in total. The molecule has 1 heterocycles. The van der Waals surface area contributed by atoms with Crippen molar-refractivity contribution in [2.75, 3.05) is 0 Å². The van der Waals surface area contributed by atoms with Gasteiger partial charge in [-0.05, 0) is 18.6 Å². The van der Waals surface area contributed by atoms with Crippen molar-refractivity contribution in [2.45, 2.75) is 32.6 Å². The molecule has 0 radical (unpaired) electrons. The summed E-state index contributed by atoms with van der Waals surface area (Å²) in [4.78, 5) is 4.57. The molecule has 1 aromatic heterocycles. The molecular weight excluding hydrogens is 198 g/mol. The molecular formula is C14H17NO. The Kier molecular flexibility index (Phi) is 2.58. The molecule has 0 saturated heterocycles. The lowest BCUT2D eigenvalue weighted by Crippen LogP contribution is -2.17. The highest BCUT2D eigenvalue weighted by atomic mass is 16.3. The number of aromatic nitrogens is 1. The van der Waals surface area contributed by atoms with E-state index < -0.39 is 0 Å². The second-order valence-corrected chi connectivity index (χ2v) is 4.79. The number of hydrogen-bond acceptors (Lipinski definition) is 2. The molecule has 0 atom stereocenters. The lowest BCUT2D eigenvalue weighted by Gasteiger charge is -2.23. The molecule has 16 heavy (non-hydrogen) atoms. The zero-order chi connectivity index (χ0) is 11.8. The van der Waals surface area contributed by atoms with E-state index in [-0.39, 0.29) is 5.41 Å². The summed E-state index contributed by atoms with van der Waals surface area (Å²) < 4.78 is 0. The Morgan fingerprint density at radius 2 is 1.94 bits per heavy atom. The van der Waals surface area contributed by atoms with Crippen molar-refractivity contribution in [1.82, 2.24) is 4.98 Å². The molecule has 0 fully saturated rings. The van der Waals surface area contributed by atoms with Crippen LogP contribution in [-0.4, -0.2) is 10.1 Å². The summed E-state index contributed by atoms with van der Waals surface area (Å²) in [6, 6.07) is 9.66. The molecule has 0 bridgehead atoms. The minimum atomic E-state index is -0.0892. The van der Waals surface area contributed by atoms with E-state index in [1.807, 2.05) is 24.3 Å². The van der Waals surface area contributed by atoms with Crippen molar-refractivity contribution in [2.24, 2.45) is 0 Å². The van der Waals surface area contributed by atoms with Gasteiger partial charge in [-0.1, -0.05) is 39.0 Å². The van der Waals surface area contributed by atoms with Gasteiger partial charge in [-0.25, -0.2) is 4.98 Å². The van der Waals surface area contributed by atoms with E-state index in [1.165, 1.54) is 0 Å². The molecule has 84 valence electrons. The van der Waals surface area contributed by atoms with Crippen molar-refractivity contribution < 1.29 is 5.11 Å². The second-order valence-electron chi connectivity index (χ2n) is 4.79. The maximum Gasteiger partial charge on any atom is 0.138 e. The maximum absolute atomic E-state index is 10.0. The highest BCUT2D eigenvalue weighted by Gasteiger charge is 2.23. The number of rotatable bonds is 2. The lowest BCUT2D eigenvalue weighted by atomic mass is 9.85. The third-order valence-electron chi connectivity index (χ3n) is 3.23. The molecule has 2 heteroatoms. The number of fused-ring (bicyclic) bond motifs is 1. The average Bonchev–Trinajstić information content (AvgIpc) is 2.28. The van der Waals surface area contributed by atoms with Crippen LogP contribution in [0.5, 0.6) is 5.75 Å². The number of pyridine rings is 1. The first-order chi connectivity index (χ1) is 7.54. The molecule has 2 aromatic rings. The number of aromatic hydroxyl groups is 1. The van der Waals surface area contributed by atoms with Crippen LogP contribution in [0.1, 0.15) is 32.9 Å². The Balaban J connectivity index is 2.67. The zero-order valence-electron chi connectivity index (χ0n) is 9.99. The van der Waals surface area contributed by atoms with Gasteiger partial charge in [0.15, 0.2) is 0 Å². The van der Waals surface area contributed by atoms with Crippen LogP contribution in [0.25, 0.3) is 10.9 Å². The van der Waals surface area contributed by atoms with Crippen molar-refractivity contribution >= 4 is 10.9 Å². The van der Waals surface area contributed by atoms with Crippen LogP contribution in [-0.2, 0) is 5.41 Å². The van der Waals surface area contributed by atoms with Crippen LogP contribution in [0.15, 0.2) is 30.3 Å². The minimum Gasteiger partial charge on any atom is -0.506 e. The van der Waals surface area contributed by atoms with Crippen LogP contribution in [0.3, 0.4) is 0 Å². The van der Waals surface area contributed by atoms with Gasteiger partial charge in [-0.15, -0.1) is 0 Å². The average molecular weight is 215 g/mol. The van der Waals surface area contributed by atoms with Gasteiger partial charge in [0, 0.05) is 10.8 Å². The summed E-state index contributed by atoms with van der Waals surface area (Å²) in [6.45, 7) is 6.31. The number of nitrogens with zero attached hydrogens (tertiary/aromatic N) is 1. The fourth-order valence-corrected chi connectivity index (χ4v) is 1.77. The molecule has 1 N–H and O–H groups in total. The second kappa shape index (κ2) is 3.78. The number of para-hydroxylation sites is 1. The summed E-state index contributed by atoms with van der Waals surface area (Å²) >= 11 is 0. The monoisotopic (exact) mass is 215 g/mol. The van der Waals surface area contributed by atoms with Crippen LogP contribution >= 0.6 is 0 Å². The van der Waals surface area contributed by atoms with E-state index in [0.717, 1.165) is 23.0 Å². The summed E-state index contributed by atoms with van der Waals surface area (Å²) in [5.41, 5.74) is 1.64. The highest BCUT2D eigenvalue weighted by Crippen LogP contribution is 2.33. The minimum absolute atomic E-state index is 0.0892. The quantitative estimate of drug-likeness (QED) is 0.829. The summed E-state index contributed by atoms with van der Waals surface area (Å²) in [7, 11) is 0. The topological polar surface area (TPSA) is 33.1 Å². The van der Waals surface area contributed by atoms with Crippen molar-refractivity contribution in [3.63, 3.8) is 0 Å². The van der Waals surface area contributed by atoms with E-state index in [4.69, 9.17) is 0 Å². The first kappa shape index (κ1) is 10.9. The third-order valence-corrected chi connectivity index (χ3v) is 3.23. The van der Waals surface area contributed by atoms with Gasteiger partial charge >= 0.3 is 0 Å². The van der Waals surface area contributed by atoms with E-state index >= 15 is 0 Å². The zero-order valence-corrected chi connectivity index (χ0v) is 9.99. The van der Waals surface area contributed by atoms with Gasteiger partial charge in [0.2, 0.25) is 0 Å². The van der Waals surface area contributed by atoms with Crippen LogP contribution < -0.4 is 0 Å². The summed E-state index contributed by atoms with van der Waals surface area (Å²) in [6.07, 6.45) is 0.950. The summed E-state index contributed by atoms with van der Waals surface area (Å²) in [5, 5.41) is 11.0. The standard InChI is InChI=1S/C14H17NO/c1-4-14(2,3)13-12(16)9-10-7-5-6-8-11(10)15-13/h5-9,16H,4H2,1-3H3. The SMILES string of the molecule is CCC(C)(C)c1nc2ccccc2cc1O. The van der Waals surface area contributed by atoms with E-state index in [2.05, 4.69) is 25.8 Å². The van der Waals surface area contributed by atoms with Crippen LogP contribution in [0, 0.1) is 0 Å². The van der Waals surface area contributed by atoms with Gasteiger partial charge in [0.25, 0.3) is 0 Å². The first-order valence-corrected chi connectivity index (χ1v) is 5.64. The van der Waals surface area contributed by atoms with Crippen molar-refractivity contribution in [1.29, 1.82) is 0 Å². The first-order valence-electron chi connectivity index (χ1n) is 5.64. The molecule has 2 rings (SSSR count). The van der Waals surface area contributed by atoms with E-state index in [0.29, 0.717) is 5.75 Å². The van der Waals surface area contributed by atoms with Gasteiger partial charge in [-0.3, -0.25) is 0 Å². The maximum atomic E-state index is 10.0. The molecule has 0 aliphatic carbocycles. The smallest absolute Gasteiger partial charge is 0.138 e. The van der Waals surface area contributed by atoms with E-state index in [1.54, 1.807) is 6.07 Å². The van der Waals surface area contributed by atoms with Crippen LogP contribution in [0.2, 0.25) is 0 Å². The normalized spacial score (nSPS) is 11.9. The van der Waals surface area contributed by atoms with Gasteiger partial charge in [-0.2, -0.15) is 0 Å². The molecule has 0 spiro atoms.